The van der Waals surface area contributed by atoms with Crippen LogP contribution in [0.2, 0.25) is 0 Å². The predicted molar refractivity (Wildman–Crippen MR) is 120 cm³/mol. The van der Waals surface area contributed by atoms with Crippen molar-refractivity contribution in [3.8, 4) is 11.3 Å². The van der Waals surface area contributed by atoms with E-state index in [2.05, 4.69) is 17.3 Å². The van der Waals surface area contributed by atoms with Gasteiger partial charge in [0, 0.05) is 24.7 Å². The summed E-state index contributed by atoms with van der Waals surface area (Å²) in [6.45, 7) is 2.83. The number of fused-ring (bicyclic) bond motifs is 2. The summed E-state index contributed by atoms with van der Waals surface area (Å²) in [6.07, 6.45) is 1.45. The van der Waals surface area contributed by atoms with Crippen molar-refractivity contribution in [3.63, 3.8) is 0 Å². The SMILES string of the molecule is CCc1cccc(NC(=O)N2CCc3nc4cc(-c5ccccc5)[nH]n4c(=O)c3C2)c1. The molecule has 0 saturated carbocycles. The summed E-state index contributed by atoms with van der Waals surface area (Å²) in [6, 6.07) is 19.3. The summed E-state index contributed by atoms with van der Waals surface area (Å²) in [7, 11) is 0. The van der Waals surface area contributed by atoms with E-state index in [1.54, 1.807) is 4.90 Å². The first-order valence-electron chi connectivity index (χ1n) is 10.5. The average Bonchev–Trinajstić information content (AvgIpc) is 3.24. The summed E-state index contributed by atoms with van der Waals surface area (Å²) < 4.78 is 1.47. The minimum atomic E-state index is -0.208. The van der Waals surface area contributed by atoms with Crippen LogP contribution < -0.4 is 10.9 Å². The summed E-state index contributed by atoms with van der Waals surface area (Å²) in [5.74, 6) is 0. The van der Waals surface area contributed by atoms with Crippen molar-refractivity contribution in [2.75, 3.05) is 11.9 Å². The smallest absolute Gasteiger partial charge is 0.320 e. The minimum absolute atomic E-state index is 0.160. The Balaban J connectivity index is 1.42. The van der Waals surface area contributed by atoms with Crippen molar-refractivity contribution in [3.05, 3.63) is 87.8 Å². The van der Waals surface area contributed by atoms with Crippen LogP contribution in [-0.4, -0.2) is 32.1 Å². The van der Waals surface area contributed by atoms with Gasteiger partial charge in [0.05, 0.1) is 23.5 Å². The van der Waals surface area contributed by atoms with Gasteiger partial charge in [-0.2, -0.15) is 0 Å². The van der Waals surface area contributed by atoms with Gasteiger partial charge in [-0.1, -0.05) is 49.4 Å². The number of amides is 2. The molecule has 1 aliphatic heterocycles. The molecule has 0 fully saturated rings. The molecule has 0 saturated heterocycles. The van der Waals surface area contributed by atoms with Crippen molar-refractivity contribution in [2.24, 2.45) is 0 Å². The van der Waals surface area contributed by atoms with Gasteiger partial charge in [0.1, 0.15) is 0 Å². The lowest BCUT2D eigenvalue weighted by molar-refractivity contribution is 0.205. The largest absolute Gasteiger partial charge is 0.322 e. The van der Waals surface area contributed by atoms with Crippen LogP contribution in [0.15, 0.2) is 65.5 Å². The van der Waals surface area contributed by atoms with Gasteiger partial charge in [0.15, 0.2) is 5.65 Å². The number of carbonyl (C=O) groups is 1. The van der Waals surface area contributed by atoms with Crippen molar-refractivity contribution in [1.29, 1.82) is 0 Å². The number of nitrogens with one attached hydrogen (secondary N) is 2. The molecule has 2 N–H and O–H groups in total. The molecular formula is C24H23N5O2. The number of anilines is 1. The van der Waals surface area contributed by atoms with Crippen LogP contribution in [0.4, 0.5) is 10.5 Å². The predicted octanol–water partition coefficient (Wildman–Crippen LogP) is 3.84. The molecule has 0 bridgehead atoms. The van der Waals surface area contributed by atoms with Gasteiger partial charge >= 0.3 is 6.03 Å². The molecule has 7 nitrogen and oxygen atoms in total. The topological polar surface area (TPSA) is 82.5 Å². The number of hydrogen-bond acceptors (Lipinski definition) is 3. The lowest BCUT2D eigenvalue weighted by atomic mass is 10.1. The molecule has 0 radical (unpaired) electrons. The van der Waals surface area contributed by atoms with E-state index in [9.17, 15) is 9.59 Å². The lowest BCUT2D eigenvalue weighted by Crippen LogP contribution is -2.42. The van der Waals surface area contributed by atoms with Gasteiger partial charge in [-0.15, -0.1) is 0 Å². The fourth-order valence-corrected chi connectivity index (χ4v) is 3.99. The number of nitrogens with zero attached hydrogens (tertiary/aromatic N) is 3. The van der Waals surface area contributed by atoms with Crippen LogP contribution >= 0.6 is 0 Å². The second-order valence-electron chi connectivity index (χ2n) is 7.73. The molecule has 0 spiro atoms. The first-order valence-corrected chi connectivity index (χ1v) is 10.5. The summed E-state index contributed by atoms with van der Waals surface area (Å²) >= 11 is 0. The highest BCUT2D eigenvalue weighted by atomic mass is 16.2. The van der Waals surface area contributed by atoms with E-state index in [0.29, 0.717) is 24.2 Å². The maximum Gasteiger partial charge on any atom is 0.322 e. The number of H-pyrrole nitrogens is 1. The average molecular weight is 413 g/mol. The molecule has 2 aromatic heterocycles. The fourth-order valence-electron chi connectivity index (χ4n) is 3.99. The van der Waals surface area contributed by atoms with Crippen LogP contribution in [0.25, 0.3) is 16.9 Å². The summed E-state index contributed by atoms with van der Waals surface area (Å²) in [5, 5.41) is 6.10. The molecule has 31 heavy (non-hydrogen) atoms. The van der Waals surface area contributed by atoms with Crippen LogP contribution in [0, 0.1) is 0 Å². The number of carbonyl (C=O) groups excluding carboxylic acids is 1. The molecule has 7 heteroatoms. The normalized spacial score (nSPS) is 13.3. The number of rotatable bonds is 3. The Morgan fingerprint density at radius 1 is 1.13 bits per heavy atom. The third kappa shape index (κ3) is 3.59. The molecule has 3 heterocycles. The van der Waals surface area contributed by atoms with E-state index >= 15 is 0 Å². The Hall–Kier alpha value is -3.87. The van der Waals surface area contributed by atoms with Crippen molar-refractivity contribution < 1.29 is 4.79 Å². The fraction of sp³-hybridized carbons (Fsp3) is 0.208. The van der Waals surface area contributed by atoms with Crippen LogP contribution in [-0.2, 0) is 19.4 Å². The zero-order valence-corrected chi connectivity index (χ0v) is 17.3. The molecule has 0 atom stereocenters. The van der Waals surface area contributed by atoms with Gasteiger partial charge in [-0.3, -0.25) is 9.89 Å². The third-order valence-corrected chi connectivity index (χ3v) is 5.72. The number of aryl methyl sites for hydroxylation is 1. The number of benzene rings is 2. The van der Waals surface area contributed by atoms with Gasteiger partial charge in [0.25, 0.3) is 5.56 Å². The monoisotopic (exact) mass is 413 g/mol. The minimum Gasteiger partial charge on any atom is -0.320 e. The zero-order chi connectivity index (χ0) is 21.4. The van der Waals surface area contributed by atoms with Crippen LogP contribution in [0.3, 0.4) is 0 Å². The van der Waals surface area contributed by atoms with Gasteiger partial charge in [0.2, 0.25) is 0 Å². The summed E-state index contributed by atoms with van der Waals surface area (Å²) in [4.78, 5) is 32.3. The van der Waals surface area contributed by atoms with Crippen molar-refractivity contribution in [2.45, 2.75) is 26.3 Å². The van der Waals surface area contributed by atoms with Crippen molar-refractivity contribution >= 4 is 17.4 Å². The second kappa shape index (κ2) is 7.75. The zero-order valence-electron chi connectivity index (χ0n) is 17.3. The third-order valence-electron chi connectivity index (χ3n) is 5.72. The highest BCUT2D eigenvalue weighted by molar-refractivity contribution is 5.89. The Morgan fingerprint density at radius 2 is 1.97 bits per heavy atom. The van der Waals surface area contributed by atoms with E-state index in [4.69, 9.17) is 4.98 Å². The maximum atomic E-state index is 13.2. The number of aromatic amines is 1. The first-order chi connectivity index (χ1) is 15.1. The molecular weight excluding hydrogens is 390 g/mol. The molecule has 156 valence electrons. The van der Waals surface area contributed by atoms with E-state index in [1.165, 1.54) is 4.52 Å². The summed E-state index contributed by atoms with van der Waals surface area (Å²) in [5.41, 5.74) is 5.50. The Morgan fingerprint density at radius 3 is 2.77 bits per heavy atom. The molecule has 5 rings (SSSR count). The van der Waals surface area contributed by atoms with E-state index in [1.807, 2.05) is 60.7 Å². The van der Waals surface area contributed by atoms with Gasteiger partial charge in [-0.25, -0.2) is 14.3 Å². The molecule has 4 aromatic rings. The standard InChI is InChI=1S/C24H23N5O2/c1-2-16-7-6-10-18(13-16)25-24(31)28-12-11-20-19(15-28)23(30)29-22(26-20)14-21(27-29)17-8-4-3-5-9-17/h3-10,13-14,27H,2,11-12,15H2,1H3,(H,25,31). The molecule has 0 aliphatic carbocycles. The quantitative estimate of drug-likeness (QED) is 0.535. The molecule has 1 aliphatic rings. The Bertz CT molecular complexity index is 1320. The first kappa shape index (κ1) is 19.1. The van der Waals surface area contributed by atoms with Crippen molar-refractivity contribution in [1.82, 2.24) is 19.5 Å². The number of aromatic nitrogens is 3. The second-order valence-corrected chi connectivity index (χ2v) is 7.73. The van der Waals surface area contributed by atoms with E-state index in [-0.39, 0.29) is 18.1 Å². The lowest BCUT2D eigenvalue weighted by Gasteiger charge is -2.27. The van der Waals surface area contributed by atoms with Gasteiger partial charge < -0.3 is 10.2 Å². The highest BCUT2D eigenvalue weighted by Crippen LogP contribution is 2.21. The maximum absolute atomic E-state index is 13.2. The highest BCUT2D eigenvalue weighted by Gasteiger charge is 2.25. The Kier molecular flexibility index (Phi) is 4.78. The van der Waals surface area contributed by atoms with Crippen LogP contribution in [0.5, 0.6) is 0 Å². The van der Waals surface area contributed by atoms with E-state index < -0.39 is 0 Å². The molecule has 2 amide bonds. The number of urea groups is 1. The van der Waals surface area contributed by atoms with Gasteiger partial charge in [-0.05, 0) is 29.7 Å². The molecule has 2 aromatic carbocycles. The van der Waals surface area contributed by atoms with Crippen LogP contribution in [0.1, 0.15) is 23.7 Å². The number of hydrogen-bond donors (Lipinski definition) is 2. The molecule has 0 unspecified atom stereocenters. The van der Waals surface area contributed by atoms with E-state index in [0.717, 1.165) is 34.6 Å². The Labute approximate surface area is 179 Å².